The van der Waals surface area contributed by atoms with E-state index in [9.17, 15) is 4.39 Å². The third-order valence-electron chi connectivity index (χ3n) is 4.54. The number of aryl methyl sites for hydroxylation is 1. The minimum Gasteiger partial charge on any atom is -0.373 e. The minimum absolute atomic E-state index is 0.0325. The van der Waals surface area contributed by atoms with Gasteiger partial charge in [-0.2, -0.15) is 0 Å². The maximum absolute atomic E-state index is 13.5. The van der Waals surface area contributed by atoms with Crippen LogP contribution in [0.3, 0.4) is 0 Å². The quantitative estimate of drug-likeness (QED) is 0.650. The molecule has 0 aromatic heterocycles. The van der Waals surface area contributed by atoms with Crippen molar-refractivity contribution in [1.82, 2.24) is 10.3 Å². The highest BCUT2D eigenvalue weighted by Gasteiger charge is 2.36. The van der Waals surface area contributed by atoms with E-state index in [4.69, 9.17) is 10.6 Å². The molecule has 20 heavy (non-hydrogen) atoms. The normalized spacial score (nSPS) is 28.4. The summed E-state index contributed by atoms with van der Waals surface area (Å²) < 4.78 is 19.5. The molecule has 4 nitrogen and oxygen atoms in total. The summed E-state index contributed by atoms with van der Waals surface area (Å²) in [5.74, 6) is 5.49. The number of ether oxygens (including phenoxy) is 1. The van der Waals surface area contributed by atoms with Crippen LogP contribution in [0, 0.1) is 12.7 Å². The van der Waals surface area contributed by atoms with Gasteiger partial charge in [-0.15, -0.1) is 0 Å². The first-order valence-electron chi connectivity index (χ1n) is 7.27. The Labute approximate surface area is 119 Å². The van der Waals surface area contributed by atoms with Crippen LogP contribution in [0.5, 0.6) is 0 Å². The van der Waals surface area contributed by atoms with Crippen molar-refractivity contribution in [3.05, 3.63) is 35.1 Å². The van der Waals surface area contributed by atoms with Crippen molar-refractivity contribution in [3.63, 3.8) is 0 Å². The molecule has 0 radical (unpaired) electrons. The average Bonchev–Trinajstić information content (AvgIpc) is 2.91. The fourth-order valence-electron chi connectivity index (χ4n) is 3.39. The molecular formula is C15H22FN3O. The number of hydrazine groups is 1. The Balaban J connectivity index is 1.81. The molecule has 2 aliphatic rings. The molecular weight excluding hydrogens is 257 g/mol. The van der Waals surface area contributed by atoms with Crippen molar-refractivity contribution < 1.29 is 9.13 Å². The van der Waals surface area contributed by atoms with Crippen molar-refractivity contribution in [2.45, 2.75) is 38.0 Å². The number of fused-ring (bicyclic) bond motifs is 1. The molecule has 0 spiro atoms. The molecule has 3 N–H and O–H groups in total. The standard InChI is InChI=1S/C15H22FN3O/c1-10-4-5-11(16)7-13(10)15(18-17)14-8-19-6-2-3-12(19)9-20-14/h4-5,7,12,14-15,18H,2-3,6,8-9,17H2,1H3. The molecule has 0 amide bonds. The Morgan fingerprint density at radius 3 is 3.15 bits per heavy atom. The lowest BCUT2D eigenvalue weighted by atomic mass is 9.96. The van der Waals surface area contributed by atoms with Gasteiger partial charge in [-0.05, 0) is 49.6 Å². The second-order valence-corrected chi connectivity index (χ2v) is 5.81. The number of benzene rings is 1. The van der Waals surface area contributed by atoms with Crippen molar-refractivity contribution in [2.24, 2.45) is 5.84 Å². The zero-order chi connectivity index (χ0) is 14.1. The smallest absolute Gasteiger partial charge is 0.123 e. The number of nitrogens with two attached hydrogens (primary N) is 1. The third-order valence-corrected chi connectivity index (χ3v) is 4.54. The van der Waals surface area contributed by atoms with Gasteiger partial charge in [-0.3, -0.25) is 16.2 Å². The number of hydrogen-bond acceptors (Lipinski definition) is 4. The van der Waals surface area contributed by atoms with Crippen LogP contribution in [-0.4, -0.2) is 36.7 Å². The van der Waals surface area contributed by atoms with Gasteiger partial charge in [0.05, 0.1) is 18.8 Å². The van der Waals surface area contributed by atoms with E-state index in [2.05, 4.69) is 10.3 Å². The Hall–Kier alpha value is -1.01. The zero-order valence-electron chi connectivity index (χ0n) is 11.8. The van der Waals surface area contributed by atoms with E-state index in [0.29, 0.717) is 6.04 Å². The maximum Gasteiger partial charge on any atom is 0.123 e. The Morgan fingerprint density at radius 1 is 1.50 bits per heavy atom. The van der Waals surface area contributed by atoms with E-state index < -0.39 is 0 Å². The number of morpholine rings is 1. The number of rotatable bonds is 3. The number of nitrogens with zero attached hydrogens (tertiary/aromatic N) is 1. The summed E-state index contributed by atoms with van der Waals surface area (Å²) in [6, 6.07) is 5.20. The lowest BCUT2D eigenvalue weighted by Gasteiger charge is -2.39. The number of hydrogen-bond donors (Lipinski definition) is 2. The summed E-state index contributed by atoms with van der Waals surface area (Å²) in [4.78, 5) is 2.47. The molecule has 5 heteroatoms. The molecule has 2 heterocycles. The molecule has 2 aliphatic heterocycles. The minimum atomic E-state index is -0.235. The molecule has 2 saturated heterocycles. The first-order chi connectivity index (χ1) is 9.69. The van der Waals surface area contributed by atoms with Crippen LogP contribution in [0.2, 0.25) is 0 Å². The summed E-state index contributed by atoms with van der Waals surface area (Å²) in [6.45, 7) is 4.71. The highest BCUT2D eigenvalue weighted by molar-refractivity contribution is 5.30. The van der Waals surface area contributed by atoms with Crippen LogP contribution in [0.25, 0.3) is 0 Å². The predicted molar refractivity (Wildman–Crippen MR) is 75.5 cm³/mol. The topological polar surface area (TPSA) is 50.5 Å². The van der Waals surface area contributed by atoms with E-state index in [1.807, 2.05) is 6.92 Å². The van der Waals surface area contributed by atoms with Gasteiger partial charge in [-0.1, -0.05) is 6.07 Å². The molecule has 3 rings (SSSR count). The second kappa shape index (κ2) is 5.77. The van der Waals surface area contributed by atoms with E-state index in [1.54, 1.807) is 12.1 Å². The van der Waals surface area contributed by atoms with Gasteiger partial charge in [0.25, 0.3) is 0 Å². The molecule has 0 bridgehead atoms. The highest BCUT2D eigenvalue weighted by atomic mass is 19.1. The Bertz CT molecular complexity index is 482. The van der Waals surface area contributed by atoms with Crippen LogP contribution in [0.15, 0.2) is 18.2 Å². The van der Waals surface area contributed by atoms with E-state index in [0.717, 1.165) is 30.8 Å². The van der Waals surface area contributed by atoms with E-state index in [1.165, 1.54) is 18.9 Å². The highest BCUT2D eigenvalue weighted by Crippen LogP contribution is 2.30. The Morgan fingerprint density at radius 2 is 2.35 bits per heavy atom. The van der Waals surface area contributed by atoms with Crippen molar-refractivity contribution in [2.75, 3.05) is 19.7 Å². The predicted octanol–water partition coefficient (Wildman–Crippen LogP) is 1.50. The van der Waals surface area contributed by atoms with Crippen LogP contribution in [0.1, 0.15) is 30.0 Å². The molecule has 3 atom stereocenters. The fraction of sp³-hybridized carbons (Fsp3) is 0.600. The van der Waals surface area contributed by atoms with Crippen LogP contribution in [0.4, 0.5) is 4.39 Å². The largest absolute Gasteiger partial charge is 0.373 e. The van der Waals surface area contributed by atoms with Gasteiger partial charge in [-0.25, -0.2) is 4.39 Å². The molecule has 1 aromatic rings. The van der Waals surface area contributed by atoms with Gasteiger partial charge in [0.2, 0.25) is 0 Å². The third kappa shape index (κ3) is 2.59. The summed E-state index contributed by atoms with van der Waals surface area (Å²) >= 11 is 0. The van der Waals surface area contributed by atoms with Gasteiger partial charge in [0.15, 0.2) is 0 Å². The zero-order valence-corrected chi connectivity index (χ0v) is 11.8. The number of nitrogens with one attached hydrogen (secondary N) is 1. The molecule has 0 aliphatic carbocycles. The lowest BCUT2D eigenvalue weighted by Crippen LogP contribution is -2.51. The van der Waals surface area contributed by atoms with Crippen LogP contribution >= 0.6 is 0 Å². The van der Waals surface area contributed by atoms with Gasteiger partial charge in [0, 0.05) is 12.6 Å². The van der Waals surface area contributed by atoms with Gasteiger partial charge in [0.1, 0.15) is 5.82 Å². The van der Waals surface area contributed by atoms with E-state index in [-0.39, 0.29) is 18.0 Å². The molecule has 1 aromatic carbocycles. The van der Waals surface area contributed by atoms with Crippen LogP contribution < -0.4 is 11.3 Å². The van der Waals surface area contributed by atoms with Crippen LogP contribution in [-0.2, 0) is 4.74 Å². The average molecular weight is 279 g/mol. The molecule has 3 unspecified atom stereocenters. The molecule has 2 fully saturated rings. The number of halogens is 1. The van der Waals surface area contributed by atoms with Gasteiger partial charge < -0.3 is 4.74 Å². The maximum atomic E-state index is 13.5. The summed E-state index contributed by atoms with van der Waals surface area (Å²) in [7, 11) is 0. The van der Waals surface area contributed by atoms with Crippen molar-refractivity contribution in [3.8, 4) is 0 Å². The summed E-state index contributed by atoms with van der Waals surface area (Å²) in [5, 5.41) is 0. The molecule has 110 valence electrons. The van der Waals surface area contributed by atoms with E-state index >= 15 is 0 Å². The fourth-order valence-corrected chi connectivity index (χ4v) is 3.39. The first-order valence-corrected chi connectivity index (χ1v) is 7.27. The summed E-state index contributed by atoms with van der Waals surface area (Å²) in [6.07, 6.45) is 2.42. The lowest BCUT2D eigenvalue weighted by molar-refractivity contribution is -0.0654. The monoisotopic (exact) mass is 279 g/mol. The van der Waals surface area contributed by atoms with Crippen molar-refractivity contribution in [1.29, 1.82) is 0 Å². The van der Waals surface area contributed by atoms with Crippen molar-refractivity contribution >= 4 is 0 Å². The second-order valence-electron chi connectivity index (χ2n) is 5.81. The SMILES string of the molecule is Cc1ccc(F)cc1C(NN)C1CN2CCCC2CO1. The first kappa shape index (κ1) is 13.9. The molecule has 0 saturated carbocycles. The van der Waals surface area contributed by atoms with Gasteiger partial charge >= 0.3 is 0 Å². The Kier molecular flexibility index (Phi) is 4.03. The summed E-state index contributed by atoms with van der Waals surface area (Å²) in [5.41, 5.74) is 4.73.